The fourth-order valence-electron chi connectivity index (χ4n) is 4.35. The van der Waals surface area contributed by atoms with E-state index in [-0.39, 0.29) is 52.6 Å². The van der Waals surface area contributed by atoms with Crippen LogP contribution in [0.5, 0.6) is 5.88 Å². The first-order valence-corrected chi connectivity index (χ1v) is 12.9. The minimum atomic E-state index is -0.589. The molecule has 38 heavy (non-hydrogen) atoms. The van der Waals surface area contributed by atoms with Gasteiger partial charge in [-0.15, -0.1) is 0 Å². The number of carbonyl (C=O) groups excluding carboxylic acids is 2. The highest BCUT2D eigenvalue weighted by Gasteiger charge is 2.34. The third-order valence-electron chi connectivity index (χ3n) is 6.65. The molecule has 0 bridgehead atoms. The quantitative estimate of drug-likeness (QED) is 0.236. The highest BCUT2D eigenvalue weighted by Crippen LogP contribution is 2.27. The topological polar surface area (TPSA) is 167 Å². The molecule has 4 N–H and O–H groups in total. The summed E-state index contributed by atoms with van der Waals surface area (Å²) in [6.07, 6.45) is 11.5. The van der Waals surface area contributed by atoms with Gasteiger partial charge < -0.3 is 15.8 Å². The zero-order chi connectivity index (χ0) is 27.5. The van der Waals surface area contributed by atoms with Gasteiger partial charge in [-0.05, 0) is 55.3 Å². The smallest absolute Gasteiger partial charge is 0.271 e. The van der Waals surface area contributed by atoms with Gasteiger partial charge in [0.25, 0.3) is 17.4 Å². The SMILES string of the molecule is CCCCCCN1C(=O)C(C#N)=C(C)/C(=C/C=C/c2c(C)c(C#N)c(=O)n(CCCCCC)c2[O-])C1=O.[NH4+]. The number of quaternary nitrogens is 1. The number of nitrogens with zero attached hydrogens (tertiary/aromatic N) is 4. The third kappa shape index (κ3) is 7.08. The second-order valence-electron chi connectivity index (χ2n) is 9.22. The molecule has 2 amide bonds. The third-order valence-corrected chi connectivity index (χ3v) is 6.65. The molecule has 1 aliphatic rings. The number of hydrogen-bond donors (Lipinski definition) is 1. The molecule has 9 nitrogen and oxygen atoms in total. The molecule has 0 saturated heterocycles. The standard InChI is InChI=1S/C29H36N4O4.H3N/c1-5-7-9-11-16-32-26(34)22(20(3)24(18-30)28(32)36)14-13-15-23-21(4)25(19-31)29(37)33(27(23)35)17-12-10-8-6-2;/h13-15,34H,5-12,16-17H2,1-4H3;1H3/b14-13+,23-15-;. The van der Waals surface area contributed by atoms with Gasteiger partial charge in [-0.3, -0.25) is 19.3 Å². The van der Waals surface area contributed by atoms with Gasteiger partial charge in [-0.25, -0.2) is 0 Å². The number of allylic oxidation sites excluding steroid dienone is 2. The Bertz CT molecular complexity index is 1270. The number of imide groups is 1. The van der Waals surface area contributed by atoms with Gasteiger partial charge >= 0.3 is 0 Å². The number of rotatable bonds is 12. The largest absolute Gasteiger partial charge is 0.860 e. The average molecular weight is 522 g/mol. The van der Waals surface area contributed by atoms with Crippen LogP contribution in [0.3, 0.4) is 0 Å². The summed E-state index contributed by atoms with van der Waals surface area (Å²) in [6, 6.07) is 3.83. The van der Waals surface area contributed by atoms with Crippen LogP contribution in [0.1, 0.15) is 88.8 Å². The van der Waals surface area contributed by atoms with Crippen molar-refractivity contribution >= 4 is 17.9 Å². The lowest BCUT2D eigenvalue weighted by Gasteiger charge is -2.27. The number of unbranched alkanes of at least 4 members (excludes halogenated alkanes) is 6. The van der Waals surface area contributed by atoms with Gasteiger partial charge in [0, 0.05) is 18.7 Å². The van der Waals surface area contributed by atoms with Crippen LogP contribution < -0.4 is 16.8 Å². The van der Waals surface area contributed by atoms with Crippen LogP contribution in [-0.2, 0) is 16.1 Å². The van der Waals surface area contributed by atoms with Crippen LogP contribution in [-0.4, -0.2) is 27.8 Å². The highest BCUT2D eigenvalue weighted by atomic mass is 16.3. The number of amides is 2. The summed E-state index contributed by atoms with van der Waals surface area (Å²) in [7, 11) is 0. The van der Waals surface area contributed by atoms with Crippen LogP contribution in [0.2, 0.25) is 0 Å². The average Bonchev–Trinajstić information content (AvgIpc) is 2.87. The maximum atomic E-state index is 13.1. The Kier molecular flexibility index (Phi) is 12.9. The van der Waals surface area contributed by atoms with Crippen molar-refractivity contribution in [3.8, 4) is 18.0 Å². The van der Waals surface area contributed by atoms with Crippen LogP contribution in [0.4, 0.5) is 0 Å². The molecule has 204 valence electrons. The first-order valence-electron chi connectivity index (χ1n) is 12.9. The molecule has 0 fully saturated rings. The predicted octanol–water partition coefficient (Wildman–Crippen LogP) is 4.79. The predicted molar refractivity (Wildman–Crippen MR) is 146 cm³/mol. The van der Waals surface area contributed by atoms with E-state index in [2.05, 4.69) is 13.8 Å². The molecule has 9 heteroatoms. The van der Waals surface area contributed by atoms with E-state index in [1.807, 2.05) is 12.1 Å². The molecule has 0 aromatic carbocycles. The van der Waals surface area contributed by atoms with E-state index in [0.29, 0.717) is 12.8 Å². The number of hydrogen-bond acceptors (Lipinski definition) is 6. The minimum Gasteiger partial charge on any atom is -0.860 e. The summed E-state index contributed by atoms with van der Waals surface area (Å²) >= 11 is 0. The zero-order valence-electron chi connectivity index (χ0n) is 23.2. The Hall–Kier alpha value is -3.95. The van der Waals surface area contributed by atoms with E-state index in [9.17, 15) is 30.0 Å². The van der Waals surface area contributed by atoms with E-state index < -0.39 is 23.3 Å². The van der Waals surface area contributed by atoms with Crippen LogP contribution in [0.15, 0.2) is 33.7 Å². The van der Waals surface area contributed by atoms with Crippen molar-refractivity contribution in [2.24, 2.45) is 0 Å². The highest BCUT2D eigenvalue weighted by molar-refractivity contribution is 6.18. The first-order chi connectivity index (χ1) is 17.7. The maximum absolute atomic E-state index is 13.1. The molecule has 0 unspecified atom stereocenters. The van der Waals surface area contributed by atoms with Crippen molar-refractivity contribution in [1.82, 2.24) is 15.6 Å². The second kappa shape index (κ2) is 15.3. The molecule has 2 heterocycles. The number of aromatic nitrogens is 1. The molecule has 0 saturated carbocycles. The molecular weight excluding hydrogens is 482 g/mol. The van der Waals surface area contributed by atoms with Gasteiger partial charge in [0.05, 0.1) is 0 Å². The van der Waals surface area contributed by atoms with Crippen molar-refractivity contribution in [1.29, 1.82) is 10.5 Å². The van der Waals surface area contributed by atoms with Crippen molar-refractivity contribution in [3.05, 3.63) is 55.9 Å². The number of nitriles is 2. The van der Waals surface area contributed by atoms with Crippen molar-refractivity contribution < 1.29 is 14.7 Å². The van der Waals surface area contributed by atoms with Gasteiger partial charge in [0.15, 0.2) is 0 Å². The normalized spacial score (nSPS) is 14.7. The summed E-state index contributed by atoms with van der Waals surface area (Å²) in [6.45, 7) is 7.70. The number of pyridine rings is 1. The summed E-state index contributed by atoms with van der Waals surface area (Å²) in [5.41, 5.74) is 0.205. The van der Waals surface area contributed by atoms with Crippen molar-refractivity contribution in [2.75, 3.05) is 6.54 Å². The Morgan fingerprint density at radius 3 is 2.03 bits per heavy atom. The van der Waals surface area contributed by atoms with E-state index in [0.717, 1.165) is 48.0 Å². The summed E-state index contributed by atoms with van der Waals surface area (Å²) in [5, 5.41) is 32.2. The van der Waals surface area contributed by atoms with Crippen LogP contribution in [0, 0.1) is 29.6 Å². The molecule has 0 spiro atoms. The van der Waals surface area contributed by atoms with E-state index in [4.69, 9.17) is 0 Å². The van der Waals surface area contributed by atoms with Gasteiger partial charge in [-0.2, -0.15) is 10.5 Å². The summed E-state index contributed by atoms with van der Waals surface area (Å²) in [4.78, 5) is 39.7. The molecule has 0 radical (unpaired) electrons. The lowest BCUT2D eigenvalue weighted by atomic mass is 9.94. The Morgan fingerprint density at radius 1 is 0.868 bits per heavy atom. The summed E-state index contributed by atoms with van der Waals surface area (Å²) in [5.74, 6) is -1.56. The first kappa shape index (κ1) is 32.1. The van der Waals surface area contributed by atoms with Crippen LogP contribution >= 0.6 is 0 Å². The molecule has 2 rings (SSSR count). The molecule has 1 aromatic heterocycles. The minimum absolute atomic E-state index is 0. The van der Waals surface area contributed by atoms with E-state index >= 15 is 0 Å². The van der Waals surface area contributed by atoms with Gasteiger partial charge in [0.2, 0.25) is 0 Å². The Labute approximate surface area is 225 Å². The second-order valence-corrected chi connectivity index (χ2v) is 9.22. The Balaban J connectivity index is 0.00000722. The van der Waals surface area contributed by atoms with Crippen molar-refractivity contribution in [2.45, 2.75) is 85.6 Å². The fraction of sp³-hybridized carbons (Fsp3) is 0.483. The summed E-state index contributed by atoms with van der Waals surface area (Å²) < 4.78 is 1.11. The van der Waals surface area contributed by atoms with E-state index in [1.165, 1.54) is 18.2 Å². The molecule has 0 atom stereocenters. The maximum Gasteiger partial charge on any atom is 0.271 e. The van der Waals surface area contributed by atoms with Crippen molar-refractivity contribution in [3.63, 3.8) is 0 Å². The van der Waals surface area contributed by atoms with Crippen LogP contribution in [0.25, 0.3) is 6.08 Å². The molecular formula is C29H39N5O4. The van der Waals surface area contributed by atoms with E-state index in [1.54, 1.807) is 13.8 Å². The molecule has 0 aliphatic carbocycles. The fourth-order valence-corrected chi connectivity index (χ4v) is 4.35. The molecule has 1 aliphatic heterocycles. The Morgan fingerprint density at radius 2 is 1.47 bits per heavy atom. The number of carbonyl (C=O) groups is 2. The molecule has 1 aromatic rings. The van der Waals surface area contributed by atoms with Gasteiger partial charge in [-0.1, -0.05) is 64.5 Å². The lowest BCUT2D eigenvalue weighted by molar-refractivity contribution is -0.280. The zero-order valence-corrected chi connectivity index (χ0v) is 23.2. The monoisotopic (exact) mass is 521 g/mol. The lowest BCUT2D eigenvalue weighted by Crippen LogP contribution is -2.43. The van der Waals surface area contributed by atoms with Gasteiger partial charge in [0.1, 0.15) is 23.3 Å².